The summed E-state index contributed by atoms with van der Waals surface area (Å²) in [7, 11) is 0. The molecule has 0 unspecified atom stereocenters. The number of nitrogens with one attached hydrogen (secondary N) is 1. The Balaban J connectivity index is 2.10. The van der Waals surface area contributed by atoms with Crippen LogP contribution in [-0.2, 0) is 0 Å². The summed E-state index contributed by atoms with van der Waals surface area (Å²) in [6.45, 7) is 6.30. The van der Waals surface area contributed by atoms with E-state index < -0.39 is 0 Å². The van der Waals surface area contributed by atoms with Crippen LogP contribution in [0.1, 0.15) is 35.8 Å². The molecule has 0 spiro atoms. The summed E-state index contributed by atoms with van der Waals surface area (Å²) in [6.07, 6.45) is 2.23. The van der Waals surface area contributed by atoms with Crippen molar-refractivity contribution in [2.75, 3.05) is 13.1 Å². The third kappa shape index (κ3) is 1.97. The Morgan fingerprint density at radius 1 is 1.28 bits per heavy atom. The summed E-state index contributed by atoms with van der Waals surface area (Å²) in [4.78, 5) is 4.71. The van der Waals surface area contributed by atoms with Gasteiger partial charge in [0, 0.05) is 5.92 Å². The van der Waals surface area contributed by atoms with Gasteiger partial charge in [-0.05, 0) is 66.8 Å². The number of hydrogen-bond acceptors (Lipinski definition) is 3. The van der Waals surface area contributed by atoms with E-state index in [4.69, 9.17) is 9.40 Å². The lowest BCUT2D eigenvalue weighted by atomic mass is 9.98. The molecule has 0 atom stereocenters. The standard InChI is InChI=1S/C14H17BrN2O/c1-8-7-9(2)12-13(11(8)15)18-14(17-12)10-3-5-16-6-4-10/h7,10,16H,3-6H2,1-2H3. The molecule has 1 saturated heterocycles. The minimum atomic E-state index is 0.463. The fourth-order valence-electron chi connectivity index (χ4n) is 2.63. The molecule has 3 nitrogen and oxygen atoms in total. The lowest BCUT2D eigenvalue weighted by molar-refractivity contribution is 0.385. The number of benzene rings is 1. The first-order valence-electron chi connectivity index (χ1n) is 6.43. The normalized spacial score (nSPS) is 17.5. The highest BCUT2D eigenvalue weighted by atomic mass is 79.9. The minimum Gasteiger partial charge on any atom is -0.439 e. The predicted molar refractivity (Wildman–Crippen MR) is 76.0 cm³/mol. The number of fused-ring (bicyclic) bond motifs is 1. The molecule has 96 valence electrons. The number of aryl methyl sites for hydroxylation is 2. The summed E-state index contributed by atoms with van der Waals surface area (Å²) in [5.41, 5.74) is 4.30. The molecule has 1 aliphatic heterocycles. The van der Waals surface area contributed by atoms with E-state index in [1.807, 2.05) is 0 Å². The lowest BCUT2D eigenvalue weighted by Gasteiger charge is -2.19. The third-order valence-electron chi connectivity index (χ3n) is 3.68. The van der Waals surface area contributed by atoms with E-state index in [0.717, 1.165) is 47.4 Å². The number of halogens is 1. The molecule has 0 radical (unpaired) electrons. The van der Waals surface area contributed by atoms with E-state index in [0.29, 0.717) is 5.92 Å². The van der Waals surface area contributed by atoms with Gasteiger partial charge in [-0.1, -0.05) is 6.07 Å². The number of hydrogen-bond donors (Lipinski definition) is 1. The van der Waals surface area contributed by atoms with Gasteiger partial charge in [0.15, 0.2) is 11.5 Å². The van der Waals surface area contributed by atoms with E-state index in [1.165, 1.54) is 11.1 Å². The van der Waals surface area contributed by atoms with E-state index in [9.17, 15) is 0 Å². The molecule has 4 heteroatoms. The van der Waals surface area contributed by atoms with E-state index in [-0.39, 0.29) is 0 Å². The van der Waals surface area contributed by atoms with Crippen molar-refractivity contribution in [1.29, 1.82) is 0 Å². The van der Waals surface area contributed by atoms with Crippen LogP contribution >= 0.6 is 15.9 Å². The molecule has 1 aromatic carbocycles. The molecule has 2 aromatic rings. The second-order valence-electron chi connectivity index (χ2n) is 5.08. The van der Waals surface area contributed by atoms with Crippen molar-refractivity contribution in [3.05, 3.63) is 27.6 Å². The van der Waals surface area contributed by atoms with Crippen LogP contribution in [0.25, 0.3) is 11.1 Å². The first-order valence-corrected chi connectivity index (χ1v) is 7.23. The van der Waals surface area contributed by atoms with Gasteiger partial charge < -0.3 is 9.73 Å². The van der Waals surface area contributed by atoms with Crippen LogP contribution in [0.2, 0.25) is 0 Å². The highest BCUT2D eigenvalue weighted by Gasteiger charge is 2.22. The minimum absolute atomic E-state index is 0.463. The predicted octanol–water partition coefficient (Wildman–Crippen LogP) is 3.67. The highest BCUT2D eigenvalue weighted by molar-refractivity contribution is 9.10. The third-order valence-corrected chi connectivity index (χ3v) is 4.67. The number of oxazole rings is 1. The Bertz CT molecular complexity index is 585. The van der Waals surface area contributed by atoms with Crippen molar-refractivity contribution in [2.24, 2.45) is 0 Å². The summed E-state index contributed by atoms with van der Waals surface area (Å²) in [5, 5.41) is 3.37. The summed E-state index contributed by atoms with van der Waals surface area (Å²) in [6, 6.07) is 2.15. The molecule has 18 heavy (non-hydrogen) atoms. The van der Waals surface area contributed by atoms with E-state index in [1.54, 1.807) is 0 Å². The summed E-state index contributed by atoms with van der Waals surface area (Å²) in [5.74, 6) is 1.37. The Labute approximate surface area is 115 Å². The first-order chi connectivity index (χ1) is 8.66. The maximum Gasteiger partial charge on any atom is 0.198 e. The average molecular weight is 309 g/mol. The van der Waals surface area contributed by atoms with Gasteiger partial charge in [-0.3, -0.25) is 0 Å². The quantitative estimate of drug-likeness (QED) is 0.873. The van der Waals surface area contributed by atoms with Crippen LogP contribution in [0.3, 0.4) is 0 Å². The zero-order valence-electron chi connectivity index (χ0n) is 10.7. The molecule has 1 aromatic heterocycles. The van der Waals surface area contributed by atoms with Crippen LogP contribution in [0.4, 0.5) is 0 Å². The molecule has 2 heterocycles. The molecule has 1 aliphatic rings. The van der Waals surface area contributed by atoms with Crippen molar-refractivity contribution >= 4 is 27.0 Å². The highest BCUT2D eigenvalue weighted by Crippen LogP contribution is 2.34. The maximum absolute atomic E-state index is 6.01. The fraction of sp³-hybridized carbons (Fsp3) is 0.500. The van der Waals surface area contributed by atoms with Crippen LogP contribution in [0.5, 0.6) is 0 Å². The van der Waals surface area contributed by atoms with Gasteiger partial charge in [-0.15, -0.1) is 0 Å². The smallest absolute Gasteiger partial charge is 0.198 e. The Morgan fingerprint density at radius 2 is 2.00 bits per heavy atom. The van der Waals surface area contributed by atoms with Crippen molar-refractivity contribution in [1.82, 2.24) is 10.3 Å². The number of rotatable bonds is 1. The zero-order chi connectivity index (χ0) is 12.7. The summed E-state index contributed by atoms with van der Waals surface area (Å²) < 4.78 is 7.05. The van der Waals surface area contributed by atoms with Crippen LogP contribution < -0.4 is 5.32 Å². The fourth-order valence-corrected chi connectivity index (χ4v) is 3.01. The molecule has 3 rings (SSSR count). The van der Waals surface area contributed by atoms with Gasteiger partial charge in [0.2, 0.25) is 0 Å². The molecular weight excluding hydrogens is 292 g/mol. The monoisotopic (exact) mass is 308 g/mol. The van der Waals surface area contributed by atoms with Gasteiger partial charge in [0.05, 0.1) is 4.47 Å². The summed E-state index contributed by atoms with van der Waals surface area (Å²) >= 11 is 3.61. The van der Waals surface area contributed by atoms with Crippen molar-refractivity contribution in [2.45, 2.75) is 32.6 Å². The van der Waals surface area contributed by atoms with E-state index >= 15 is 0 Å². The molecule has 1 N–H and O–H groups in total. The van der Waals surface area contributed by atoms with Gasteiger partial charge in [-0.25, -0.2) is 4.98 Å². The van der Waals surface area contributed by atoms with Crippen molar-refractivity contribution in [3.8, 4) is 0 Å². The van der Waals surface area contributed by atoms with Crippen LogP contribution in [-0.4, -0.2) is 18.1 Å². The molecule has 0 bridgehead atoms. The number of aromatic nitrogens is 1. The SMILES string of the molecule is Cc1cc(C)c2nc(C3CCNCC3)oc2c1Br. The topological polar surface area (TPSA) is 38.1 Å². The van der Waals surface area contributed by atoms with Gasteiger partial charge in [-0.2, -0.15) is 0 Å². The Morgan fingerprint density at radius 3 is 2.72 bits per heavy atom. The molecular formula is C14H17BrN2O. The van der Waals surface area contributed by atoms with Gasteiger partial charge in [0.25, 0.3) is 0 Å². The van der Waals surface area contributed by atoms with Crippen LogP contribution in [0.15, 0.2) is 15.0 Å². The number of piperidine rings is 1. The molecule has 0 aliphatic carbocycles. The van der Waals surface area contributed by atoms with Gasteiger partial charge in [0.1, 0.15) is 5.52 Å². The lowest BCUT2D eigenvalue weighted by Crippen LogP contribution is -2.26. The second kappa shape index (κ2) is 4.67. The Kier molecular flexibility index (Phi) is 3.16. The molecule has 0 amide bonds. The molecule has 1 fully saturated rings. The zero-order valence-corrected chi connectivity index (χ0v) is 12.3. The largest absolute Gasteiger partial charge is 0.439 e. The first kappa shape index (κ1) is 12.2. The average Bonchev–Trinajstić information content (AvgIpc) is 2.83. The van der Waals surface area contributed by atoms with Gasteiger partial charge >= 0.3 is 0 Å². The molecule has 0 saturated carbocycles. The maximum atomic E-state index is 6.01. The number of nitrogens with zero attached hydrogens (tertiary/aromatic N) is 1. The van der Waals surface area contributed by atoms with Crippen molar-refractivity contribution < 1.29 is 4.42 Å². The van der Waals surface area contributed by atoms with Crippen LogP contribution in [0, 0.1) is 13.8 Å². The van der Waals surface area contributed by atoms with E-state index in [2.05, 4.69) is 41.2 Å². The van der Waals surface area contributed by atoms with Crippen molar-refractivity contribution in [3.63, 3.8) is 0 Å². The second-order valence-corrected chi connectivity index (χ2v) is 5.87. The Hall–Kier alpha value is -0.870.